The molecule has 0 radical (unpaired) electrons. The highest BCUT2D eigenvalue weighted by Gasteiger charge is 2.24. The predicted molar refractivity (Wildman–Crippen MR) is 110 cm³/mol. The van der Waals surface area contributed by atoms with Crippen LogP contribution in [0.1, 0.15) is 59.3 Å². The van der Waals surface area contributed by atoms with Gasteiger partial charge in [0.15, 0.2) is 5.78 Å². The lowest BCUT2D eigenvalue weighted by Crippen LogP contribution is -2.18. The number of hydrogen-bond donors (Lipinski definition) is 0. The summed E-state index contributed by atoms with van der Waals surface area (Å²) in [6, 6.07) is 14.3. The second-order valence-electron chi connectivity index (χ2n) is 7.37. The summed E-state index contributed by atoms with van der Waals surface area (Å²) in [7, 11) is 0. The summed E-state index contributed by atoms with van der Waals surface area (Å²) < 4.78 is 8.64. The van der Waals surface area contributed by atoms with Gasteiger partial charge in [0.25, 0.3) is 0 Å². The molecule has 0 unspecified atom stereocenters. The molecule has 1 aromatic heterocycles. The monoisotopic (exact) mass is 374 g/mol. The highest BCUT2D eigenvalue weighted by Crippen LogP contribution is 2.35. The van der Waals surface area contributed by atoms with Gasteiger partial charge in [-0.05, 0) is 48.1 Å². The average Bonchev–Trinajstić information content (AvgIpc) is 3.23. The van der Waals surface area contributed by atoms with Crippen molar-refractivity contribution in [1.29, 1.82) is 0 Å². The molecule has 3 aromatic rings. The molecule has 0 fully saturated rings. The molecule has 0 saturated carbocycles. The fourth-order valence-electron chi connectivity index (χ4n) is 4.03. The minimum absolute atomic E-state index is 0.122. The van der Waals surface area contributed by atoms with Gasteiger partial charge in [0.2, 0.25) is 0 Å². The maximum absolute atomic E-state index is 12.4. The maximum Gasteiger partial charge on any atom is 0.163 e. The Morgan fingerprint density at radius 3 is 2.75 bits per heavy atom. The van der Waals surface area contributed by atoms with Gasteiger partial charge >= 0.3 is 0 Å². The molecule has 0 spiro atoms. The predicted octanol–water partition coefficient (Wildman–Crippen LogP) is 5.17. The number of carbonyl (C=O) groups excluding carboxylic acids is 1. The number of carbonyl (C=O) groups is 1. The molecule has 0 saturated heterocycles. The number of benzene rings is 2. The molecule has 1 aliphatic carbocycles. The Morgan fingerprint density at radius 2 is 2.00 bits per heavy atom. The Hall–Kier alpha value is -2.88. The first-order valence-electron chi connectivity index (χ1n) is 10.1. The van der Waals surface area contributed by atoms with Gasteiger partial charge in [-0.1, -0.05) is 43.7 Å². The van der Waals surface area contributed by atoms with Crippen LogP contribution in [0.3, 0.4) is 0 Å². The number of rotatable bonds is 7. The fraction of sp³-hybridized carbons (Fsp3) is 0.333. The third-order valence-corrected chi connectivity index (χ3v) is 5.40. The van der Waals surface area contributed by atoms with E-state index in [2.05, 4.69) is 24.0 Å². The third-order valence-electron chi connectivity index (χ3n) is 5.40. The van der Waals surface area contributed by atoms with Crippen LogP contribution in [0.15, 0.2) is 61.2 Å². The van der Waals surface area contributed by atoms with Crippen molar-refractivity contribution >= 4 is 5.78 Å². The highest BCUT2D eigenvalue weighted by atomic mass is 16.5. The van der Waals surface area contributed by atoms with Crippen molar-refractivity contribution in [2.45, 2.75) is 51.7 Å². The van der Waals surface area contributed by atoms with Crippen molar-refractivity contribution in [2.24, 2.45) is 0 Å². The number of ether oxygens (including phenoxy) is 1. The van der Waals surface area contributed by atoms with Gasteiger partial charge in [0, 0.05) is 24.4 Å². The first kappa shape index (κ1) is 18.5. The van der Waals surface area contributed by atoms with Gasteiger partial charge in [-0.15, -0.1) is 0 Å². The molecule has 0 bridgehead atoms. The summed E-state index contributed by atoms with van der Waals surface area (Å²) in [5, 5.41) is 0. The Bertz CT molecular complexity index is 933. The number of imidazole rings is 1. The first-order chi connectivity index (χ1) is 13.8. The normalized spacial score (nSPS) is 14.5. The Kier molecular flexibility index (Phi) is 5.56. The van der Waals surface area contributed by atoms with E-state index in [9.17, 15) is 4.79 Å². The third kappa shape index (κ3) is 3.86. The van der Waals surface area contributed by atoms with E-state index < -0.39 is 0 Å². The average molecular weight is 374 g/mol. The molecule has 1 atom stereocenters. The molecule has 4 rings (SSSR count). The van der Waals surface area contributed by atoms with Crippen molar-refractivity contribution in [2.75, 3.05) is 0 Å². The van der Waals surface area contributed by atoms with E-state index in [0.717, 1.165) is 42.6 Å². The van der Waals surface area contributed by atoms with Crippen molar-refractivity contribution in [3.63, 3.8) is 0 Å². The zero-order valence-corrected chi connectivity index (χ0v) is 16.3. The molecule has 2 aromatic carbocycles. The lowest BCUT2D eigenvalue weighted by atomic mass is 9.85. The van der Waals surface area contributed by atoms with E-state index in [1.54, 1.807) is 6.20 Å². The molecular formula is C24H26N2O2. The van der Waals surface area contributed by atoms with E-state index in [1.165, 1.54) is 11.1 Å². The highest BCUT2D eigenvalue weighted by molar-refractivity contribution is 5.99. The molecule has 1 heterocycles. The van der Waals surface area contributed by atoms with Crippen LogP contribution in [0, 0.1) is 0 Å². The Balaban J connectivity index is 1.70. The van der Waals surface area contributed by atoms with Crippen molar-refractivity contribution < 1.29 is 9.53 Å². The number of ketones is 1. The molecular weight excluding hydrogens is 348 g/mol. The lowest BCUT2D eigenvalue weighted by molar-refractivity contribution is 0.0972. The number of fused-ring (bicyclic) bond motifs is 1. The van der Waals surface area contributed by atoms with E-state index in [-0.39, 0.29) is 11.9 Å². The molecule has 28 heavy (non-hydrogen) atoms. The second-order valence-corrected chi connectivity index (χ2v) is 7.37. The second kappa shape index (κ2) is 8.42. The zero-order chi connectivity index (χ0) is 19.3. The minimum atomic E-state index is -0.122. The molecule has 0 aliphatic heterocycles. The molecule has 0 amide bonds. The topological polar surface area (TPSA) is 44.1 Å². The maximum atomic E-state index is 12.4. The van der Waals surface area contributed by atoms with Gasteiger partial charge in [-0.3, -0.25) is 4.79 Å². The molecule has 4 heteroatoms. The van der Waals surface area contributed by atoms with E-state index >= 15 is 0 Å². The quantitative estimate of drug-likeness (QED) is 0.573. The smallest absolute Gasteiger partial charge is 0.163 e. The van der Waals surface area contributed by atoms with Gasteiger partial charge < -0.3 is 9.30 Å². The van der Waals surface area contributed by atoms with E-state index in [4.69, 9.17) is 4.74 Å². The first-order valence-corrected chi connectivity index (χ1v) is 10.1. The summed E-state index contributed by atoms with van der Waals surface area (Å²) in [4.78, 5) is 16.5. The fourth-order valence-corrected chi connectivity index (χ4v) is 4.03. The van der Waals surface area contributed by atoms with Crippen LogP contribution >= 0.6 is 0 Å². The van der Waals surface area contributed by atoms with Crippen LogP contribution in [0.5, 0.6) is 5.75 Å². The zero-order valence-electron chi connectivity index (χ0n) is 16.3. The van der Waals surface area contributed by atoms with Crippen LogP contribution in [-0.2, 0) is 19.4 Å². The summed E-state index contributed by atoms with van der Waals surface area (Å²) in [5.41, 5.74) is 4.44. The summed E-state index contributed by atoms with van der Waals surface area (Å²) >= 11 is 0. The largest absolute Gasteiger partial charge is 0.484 e. The lowest BCUT2D eigenvalue weighted by Gasteiger charge is -2.25. The molecule has 0 N–H and O–H groups in total. The number of aromatic nitrogens is 2. The van der Waals surface area contributed by atoms with Gasteiger partial charge in [-0.25, -0.2) is 4.98 Å². The Labute approximate surface area is 166 Å². The Morgan fingerprint density at radius 1 is 1.14 bits per heavy atom. The number of nitrogens with zero attached hydrogens (tertiary/aromatic N) is 2. The van der Waals surface area contributed by atoms with Gasteiger partial charge in [0.1, 0.15) is 11.9 Å². The standard InChI is InChI=1S/C24H26N2O2/c1-2-7-21-19-10-6-11-22(27)20(19)12-13-23(21)28-24(16-26-15-14-25-17-26)18-8-4-3-5-9-18/h3-5,8-9,12-15,17,24H,2,6-7,10-11,16H2,1H3/t24-/m1/s1. The van der Waals surface area contributed by atoms with Crippen LogP contribution < -0.4 is 4.74 Å². The summed E-state index contributed by atoms with van der Waals surface area (Å²) in [5.74, 6) is 1.17. The number of Topliss-reactive ketones (excluding diaryl/α,β-unsaturated/α-hetero) is 1. The summed E-state index contributed by atoms with van der Waals surface area (Å²) in [6.07, 6.45) is 9.95. The van der Waals surface area contributed by atoms with Crippen molar-refractivity contribution in [3.8, 4) is 5.75 Å². The molecule has 144 valence electrons. The van der Waals surface area contributed by atoms with E-state index in [0.29, 0.717) is 13.0 Å². The van der Waals surface area contributed by atoms with Crippen LogP contribution in [0.25, 0.3) is 0 Å². The number of hydrogen-bond acceptors (Lipinski definition) is 3. The van der Waals surface area contributed by atoms with Crippen molar-refractivity contribution in [3.05, 3.63) is 83.4 Å². The van der Waals surface area contributed by atoms with Gasteiger partial charge in [-0.2, -0.15) is 0 Å². The van der Waals surface area contributed by atoms with Crippen LogP contribution in [-0.4, -0.2) is 15.3 Å². The van der Waals surface area contributed by atoms with Crippen LogP contribution in [0.4, 0.5) is 0 Å². The summed E-state index contributed by atoms with van der Waals surface area (Å²) in [6.45, 7) is 2.86. The van der Waals surface area contributed by atoms with Crippen LogP contribution in [0.2, 0.25) is 0 Å². The SMILES string of the molecule is CCCc1c(O[C@H](Cn2ccnc2)c2ccccc2)ccc2c1CCCC2=O. The molecule has 4 nitrogen and oxygen atoms in total. The molecule has 1 aliphatic rings. The van der Waals surface area contributed by atoms with Crippen molar-refractivity contribution in [1.82, 2.24) is 9.55 Å². The minimum Gasteiger partial charge on any atom is -0.484 e. The van der Waals surface area contributed by atoms with Gasteiger partial charge in [0.05, 0.1) is 12.9 Å². The van der Waals surface area contributed by atoms with E-state index in [1.807, 2.05) is 47.4 Å².